The molecule has 0 aliphatic carbocycles. The van der Waals surface area contributed by atoms with E-state index >= 15 is 0 Å². The summed E-state index contributed by atoms with van der Waals surface area (Å²) < 4.78 is 87.3. The number of furan rings is 1. The predicted octanol–water partition coefficient (Wildman–Crippen LogP) is 12.0. The van der Waals surface area contributed by atoms with E-state index in [1.165, 1.54) is 0 Å². The van der Waals surface area contributed by atoms with Crippen LogP contribution in [0.5, 0.6) is 0 Å². The Morgan fingerprint density at radius 3 is 2.00 bits per heavy atom. The summed E-state index contributed by atoms with van der Waals surface area (Å²) in [5.41, 5.74) is 3.07. The Bertz CT molecular complexity index is 3350. The van der Waals surface area contributed by atoms with Crippen LogP contribution >= 0.6 is 11.3 Å². The standard InChI is InChI=1S/C43H25N3OS/c1-3-12-26(13-4-1)29-19-11-20-34-32-23-22-28(24-38(32)48-40(29)34)42-44-41(27-14-5-2-6-15-27)45-43(46-42)36-25-35-31-17-9-10-21-37(31)47-39(35)33-18-8-7-16-30(33)36/h1-25H/i7D,8D,9D,10D,16D,17D,18D,21D,25D. The third-order valence-electron chi connectivity index (χ3n) is 8.48. The predicted molar refractivity (Wildman–Crippen MR) is 199 cm³/mol. The first-order valence-electron chi connectivity index (χ1n) is 19.7. The van der Waals surface area contributed by atoms with Crippen molar-refractivity contribution >= 4 is 64.2 Å². The molecule has 10 aromatic rings. The van der Waals surface area contributed by atoms with Crippen molar-refractivity contribution in [2.75, 3.05) is 0 Å². The fourth-order valence-electron chi connectivity index (χ4n) is 6.26. The summed E-state index contributed by atoms with van der Waals surface area (Å²) in [5, 5.41) is 1.86. The Labute approximate surface area is 292 Å². The van der Waals surface area contributed by atoms with Gasteiger partial charge in [0.2, 0.25) is 0 Å². The molecule has 3 heterocycles. The number of hydrogen-bond donors (Lipinski definition) is 0. The summed E-state index contributed by atoms with van der Waals surface area (Å²) >= 11 is 1.65. The first-order valence-corrected chi connectivity index (χ1v) is 16.0. The molecule has 0 amide bonds. The number of aromatic nitrogens is 3. The smallest absolute Gasteiger partial charge is 0.164 e. The lowest BCUT2D eigenvalue weighted by molar-refractivity contribution is 0.672. The fraction of sp³-hybridized carbons (Fsp3) is 0. The van der Waals surface area contributed by atoms with Crippen LogP contribution in [-0.4, -0.2) is 15.0 Å². The summed E-state index contributed by atoms with van der Waals surface area (Å²) in [4.78, 5) is 14.7. The molecule has 48 heavy (non-hydrogen) atoms. The van der Waals surface area contributed by atoms with Gasteiger partial charge in [-0.15, -0.1) is 11.3 Å². The van der Waals surface area contributed by atoms with Gasteiger partial charge in [0.15, 0.2) is 17.5 Å². The van der Waals surface area contributed by atoms with E-state index in [4.69, 9.17) is 30.3 Å². The largest absolute Gasteiger partial charge is 0.455 e. The van der Waals surface area contributed by atoms with Crippen LogP contribution in [0, 0.1) is 0 Å². The Morgan fingerprint density at radius 2 is 1.19 bits per heavy atom. The first kappa shape index (κ1) is 19.5. The molecule has 0 saturated carbocycles. The van der Waals surface area contributed by atoms with E-state index in [-0.39, 0.29) is 61.8 Å². The average Bonchev–Trinajstić information content (AvgIpc) is 3.83. The fourth-order valence-corrected chi connectivity index (χ4v) is 7.53. The molecule has 0 unspecified atom stereocenters. The highest BCUT2D eigenvalue weighted by molar-refractivity contribution is 7.26. The van der Waals surface area contributed by atoms with Crippen molar-refractivity contribution in [3.05, 3.63) is 151 Å². The summed E-state index contributed by atoms with van der Waals surface area (Å²) in [6, 6.07) is 27.3. The maximum atomic E-state index is 9.69. The number of para-hydroxylation sites is 1. The van der Waals surface area contributed by atoms with Crippen molar-refractivity contribution in [3.8, 4) is 45.3 Å². The van der Waals surface area contributed by atoms with Crippen LogP contribution < -0.4 is 0 Å². The van der Waals surface area contributed by atoms with E-state index < -0.39 is 48.3 Å². The van der Waals surface area contributed by atoms with Crippen LogP contribution in [0.1, 0.15) is 12.3 Å². The third-order valence-corrected chi connectivity index (χ3v) is 9.68. The van der Waals surface area contributed by atoms with Gasteiger partial charge < -0.3 is 4.42 Å². The van der Waals surface area contributed by atoms with Gasteiger partial charge in [-0.25, -0.2) is 15.0 Å². The van der Waals surface area contributed by atoms with E-state index in [0.29, 0.717) is 11.1 Å². The minimum absolute atomic E-state index is 0.0475. The van der Waals surface area contributed by atoms with Gasteiger partial charge >= 0.3 is 0 Å². The second-order valence-corrected chi connectivity index (χ2v) is 12.3. The van der Waals surface area contributed by atoms with Gasteiger partial charge in [-0.05, 0) is 34.7 Å². The lowest BCUT2D eigenvalue weighted by atomic mass is 9.99. The molecule has 0 fully saturated rings. The Morgan fingerprint density at radius 1 is 0.500 bits per heavy atom. The number of benzene rings is 7. The number of hydrogen-bond acceptors (Lipinski definition) is 5. The second-order valence-electron chi connectivity index (χ2n) is 11.3. The molecule has 4 nitrogen and oxygen atoms in total. The summed E-state index contributed by atoms with van der Waals surface area (Å²) in [6.07, 6.45) is 0. The van der Waals surface area contributed by atoms with Gasteiger partial charge in [0, 0.05) is 53.0 Å². The highest BCUT2D eigenvalue weighted by atomic mass is 32.1. The SMILES string of the molecule is [2H]c1c([2H])c([2H])c2c(oc3c4c([2H])c([2H])c([2H])c([2H])c4c(-c4nc(-c5ccccc5)nc(-c5ccc6c(c5)sc5c(-c7ccccc7)cccc56)n4)c([2H])c32)c1[2H]. The van der Waals surface area contributed by atoms with Gasteiger partial charge in [-0.1, -0.05) is 133 Å². The zero-order valence-corrected chi connectivity index (χ0v) is 25.7. The van der Waals surface area contributed by atoms with Crippen LogP contribution in [0.25, 0.3) is 98.2 Å². The highest BCUT2D eigenvalue weighted by Gasteiger charge is 2.19. The molecule has 0 aliphatic heterocycles. The first-order chi connectivity index (χ1) is 27.5. The molecule has 0 saturated heterocycles. The van der Waals surface area contributed by atoms with Gasteiger partial charge in [0.1, 0.15) is 11.2 Å². The molecular weight excluding hydrogens is 607 g/mol. The van der Waals surface area contributed by atoms with Crippen LogP contribution in [-0.2, 0) is 0 Å². The van der Waals surface area contributed by atoms with Crippen molar-refractivity contribution in [2.24, 2.45) is 0 Å². The zero-order valence-electron chi connectivity index (χ0n) is 33.9. The van der Waals surface area contributed by atoms with E-state index in [0.717, 1.165) is 31.3 Å². The maximum Gasteiger partial charge on any atom is 0.164 e. The summed E-state index contributed by atoms with van der Waals surface area (Å²) in [5.74, 6) is 0.457. The number of thiophene rings is 1. The summed E-state index contributed by atoms with van der Waals surface area (Å²) in [6.45, 7) is 0. The summed E-state index contributed by atoms with van der Waals surface area (Å²) in [7, 11) is 0. The van der Waals surface area contributed by atoms with Gasteiger partial charge in [-0.2, -0.15) is 0 Å². The van der Waals surface area contributed by atoms with E-state index in [9.17, 15) is 1.37 Å². The third kappa shape index (κ3) is 4.25. The highest BCUT2D eigenvalue weighted by Crippen LogP contribution is 2.42. The molecule has 0 bridgehead atoms. The Kier molecular flexibility index (Phi) is 4.34. The van der Waals surface area contributed by atoms with E-state index in [1.54, 1.807) is 11.3 Å². The van der Waals surface area contributed by atoms with E-state index in [1.807, 2.05) is 66.7 Å². The van der Waals surface area contributed by atoms with Gasteiger partial charge in [-0.3, -0.25) is 0 Å². The molecule has 0 aliphatic rings. The Balaban J connectivity index is 1.30. The normalized spacial score (nSPS) is 14.4. The molecular formula is C43H25N3OS. The van der Waals surface area contributed by atoms with Crippen LogP contribution in [0.4, 0.5) is 0 Å². The monoisotopic (exact) mass is 640 g/mol. The minimum Gasteiger partial charge on any atom is -0.455 e. The number of rotatable bonds is 4. The van der Waals surface area contributed by atoms with Crippen LogP contribution in [0.3, 0.4) is 0 Å². The number of nitrogens with zero attached hydrogens (tertiary/aromatic N) is 3. The van der Waals surface area contributed by atoms with Crippen molar-refractivity contribution in [3.63, 3.8) is 0 Å². The second kappa shape index (κ2) is 10.7. The molecule has 3 aromatic heterocycles. The lowest BCUT2D eigenvalue weighted by Crippen LogP contribution is -2.00. The van der Waals surface area contributed by atoms with Crippen LogP contribution in [0.2, 0.25) is 0 Å². The van der Waals surface area contributed by atoms with Gasteiger partial charge in [0.25, 0.3) is 0 Å². The topological polar surface area (TPSA) is 51.8 Å². The van der Waals surface area contributed by atoms with Gasteiger partial charge in [0.05, 0.1) is 12.3 Å². The quantitative estimate of drug-likeness (QED) is 0.192. The molecule has 0 atom stereocenters. The van der Waals surface area contributed by atoms with Crippen LogP contribution in [0.15, 0.2) is 156 Å². The maximum absolute atomic E-state index is 9.69. The molecule has 0 spiro atoms. The van der Waals surface area contributed by atoms with Crippen molar-refractivity contribution in [1.29, 1.82) is 0 Å². The molecule has 224 valence electrons. The molecule has 0 N–H and O–H groups in total. The Hall–Kier alpha value is -6.17. The molecule has 10 rings (SSSR count). The zero-order chi connectivity index (χ0) is 39.4. The van der Waals surface area contributed by atoms with E-state index in [2.05, 4.69) is 30.3 Å². The van der Waals surface area contributed by atoms with Crippen molar-refractivity contribution in [1.82, 2.24) is 15.0 Å². The number of fused-ring (bicyclic) bond motifs is 8. The molecule has 5 heteroatoms. The van der Waals surface area contributed by atoms with Crippen molar-refractivity contribution < 1.29 is 16.8 Å². The van der Waals surface area contributed by atoms with Crippen molar-refractivity contribution in [2.45, 2.75) is 0 Å². The molecule has 7 aromatic carbocycles. The average molecular weight is 641 g/mol. The molecule has 0 radical (unpaired) electrons. The lowest BCUT2D eigenvalue weighted by Gasteiger charge is -2.11. The minimum atomic E-state index is -0.550.